The molecule has 63 heavy (non-hydrogen) atoms. The number of esters is 3. The van der Waals surface area contributed by atoms with Gasteiger partial charge in [0, 0.05) is 19.3 Å². The maximum Gasteiger partial charge on any atom is 0.306 e. The SMILES string of the molecule is CCCCC/C=C\C/C=C\CCCCCCCCCC(=O)OC(COC(=O)CCCCCCC/C=C\C=C/CCCCCCCCC)COC(=O)CCCCCCCCCCCC. The second-order valence-corrected chi connectivity index (χ2v) is 18.2. The lowest BCUT2D eigenvalue weighted by molar-refractivity contribution is -0.167. The zero-order chi connectivity index (χ0) is 45.8. The van der Waals surface area contributed by atoms with E-state index in [9.17, 15) is 14.4 Å². The van der Waals surface area contributed by atoms with Gasteiger partial charge in [-0.05, 0) is 77.0 Å². The number of hydrogen-bond donors (Lipinski definition) is 0. The zero-order valence-corrected chi connectivity index (χ0v) is 41.8. The molecule has 0 aliphatic carbocycles. The van der Waals surface area contributed by atoms with Gasteiger partial charge < -0.3 is 14.2 Å². The minimum Gasteiger partial charge on any atom is -0.462 e. The third-order valence-corrected chi connectivity index (χ3v) is 11.8. The molecule has 0 bridgehead atoms. The average Bonchev–Trinajstić information content (AvgIpc) is 3.28. The quantitative estimate of drug-likeness (QED) is 0.0199. The first-order valence-electron chi connectivity index (χ1n) is 27.2. The monoisotopic (exact) mass is 883 g/mol. The molecule has 0 radical (unpaired) electrons. The van der Waals surface area contributed by atoms with Crippen molar-refractivity contribution in [3.63, 3.8) is 0 Å². The second-order valence-electron chi connectivity index (χ2n) is 18.2. The molecule has 0 amide bonds. The Kier molecular flexibility index (Phi) is 49.8. The first-order chi connectivity index (χ1) is 31.0. The van der Waals surface area contributed by atoms with Gasteiger partial charge in [-0.2, -0.15) is 0 Å². The number of ether oxygens (including phenoxy) is 3. The summed E-state index contributed by atoms with van der Waals surface area (Å²) in [7, 11) is 0. The average molecular weight is 883 g/mol. The molecule has 0 heterocycles. The standard InChI is InChI=1S/C57H102O6/c1-4-7-10-13-16-19-22-24-26-28-30-31-33-35-38-41-44-47-50-56(59)62-53-54(52-61-55(58)49-46-43-40-37-21-18-15-12-9-6-3)63-57(60)51-48-45-42-39-36-34-32-29-27-25-23-20-17-14-11-8-5-2/h17,20,25-28,30-31,54H,4-16,18-19,21-24,29,32-53H2,1-3H3/b20-17-,27-25-,28-26-,31-30-. The van der Waals surface area contributed by atoms with Gasteiger partial charge in [-0.1, -0.05) is 230 Å². The first-order valence-corrected chi connectivity index (χ1v) is 27.2. The number of rotatable bonds is 49. The zero-order valence-electron chi connectivity index (χ0n) is 41.8. The summed E-state index contributed by atoms with van der Waals surface area (Å²) in [4.78, 5) is 38.0. The molecule has 0 spiro atoms. The topological polar surface area (TPSA) is 78.9 Å². The number of carbonyl (C=O) groups excluding carboxylic acids is 3. The number of carbonyl (C=O) groups is 3. The van der Waals surface area contributed by atoms with Gasteiger partial charge in [0.2, 0.25) is 0 Å². The lowest BCUT2D eigenvalue weighted by atomic mass is 10.1. The normalized spacial score (nSPS) is 12.4. The molecule has 0 saturated carbocycles. The molecule has 0 aromatic heterocycles. The molecular weight excluding hydrogens is 781 g/mol. The van der Waals surface area contributed by atoms with Crippen molar-refractivity contribution in [3.05, 3.63) is 48.6 Å². The van der Waals surface area contributed by atoms with Crippen molar-refractivity contribution in [2.45, 2.75) is 284 Å². The molecule has 0 aromatic rings. The van der Waals surface area contributed by atoms with Gasteiger partial charge in [0.05, 0.1) is 0 Å². The van der Waals surface area contributed by atoms with E-state index in [4.69, 9.17) is 14.2 Å². The van der Waals surface area contributed by atoms with Crippen molar-refractivity contribution in [3.8, 4) is 0 Å². The molecule has 0 fully saturated rings. The number of hydrogen-bond acceptors (Lipinski definition) is 6. The van der Waals surface area contributed by atoms with Crippen LogP contribution in [0, 0.1) is 0 Å². The predicted octanol–water partition coefficient (Wildman–Crippen LogP) is 17.9. The smallest absolute Gasteiger partial charge is 0.306 e. The summed E-state index contributed by atoms with van der Waals surface area (Å²) in [6, 6.07) is 0. The Bertz CT molecular complexity index is 1110. The van der Waals surface area contributed by atoms with Crippen LogP contribution in [0.4, 0.5) is 0 Å². The summed E-state index contributed by atoms with van der Waals surface area (Å²) in [5.41, 5.74) is 0. The third kappa shape index (κ3) is 50.2. The van der Waals surface area contributed by atoms with Gasteiger partial charge in [-0.3, -0.25) is 14.4 Å². The fourth-order valence-corrected chi connectivity index (χ4v) is 7.70. The number of allylic oxidation sites excluding steroid dienone is 8. The van der Waals surface area contributed by atoms with Crippen LogP contribution in [0.2, 0.25) is 0 Å². The Hall–Kier alpha value is -2.63. The second kappa shape index (κ2) is 52.0. The first kappa shape index (κ1) is 60.4. The van der Waals surface area contributed by atoms with Gasteiger partial charge in [0.15, 0.2) is 6.10 Å². The largest absolute Gasteiger partial charge is 0.462 e. The molecular formula is C57H102O6. The molecule has 0 rings (SSSR count). The van der Waals surface area contributed by atoms with Gasteiger partial charge in [0.25, 0.3) is 0 Å². The Labute approximate surface area is 390 Å². The maximum atomic E-state index is 12.8. The van der Waals surface area contributed by atoms with E-state index in [2.05, 4.69) is 69.4 Å². The summed E-state index contributed by atoms with van der Waals surface area (Å²) >= 11 is 0. The highest BCUT2D eigenvalue weighted by atomic mass is 16.6. The highest BCUT2D eigenvalue weighted by Crippen LogP contribution is 2.15. The summed E-state index contributed by atoms with van der Waals surface area (Å²) in [5, 5.41) is 0. The van der Waals surface area contributed by atoms with Crippen molar-refractivity contribution < 1.29 is 28.6 Å². The van der Waals surface area contributed by atoms with E-state index in [0.717, 1.165) is 89.9 Å². The Balaban J connectivity index is 4.36. The van der Waals surface area contributed by atoms with Crippen LogP contribution >= 0.6 is 0 Å². The fourth-order valence-electron chi connectivity index (χ4n) is 7.70. The molecule has 0 aliphatic heterocycles. The summed E-state index contributed by atoms with van der Waals surface area (Å²) < 4.78 is 16.8. The van der Waals surface area contributed by atoms with E-state index in [0.29, 0.717) is 19.3 Å². The predicted molar refractivity (Wildman–Crippen MR) is 270 cm³/mol. The van der Waals surface area contributed by atoms with Crippen molar-refractivity contribution in [1.82, 2.24) is 0 Å². The lowest BCUT2D eigenvalue weighted by Gasteiger charge is -2.18. The van der Waals surface area contributed by atoms with Gasteiger partial charge in [-0.25, -0.2) is 0 Å². The van der Waals surface area contributed by atoms with Crippen LogP contribution in [0.25, 0.3) is 0 Å². The maximum absolute atomic E-state index is 12.8. The lowest BCUT2D eigenvalue weighted by Crippen LogP contribution is -2.30. The van der Waals surface area contributed by atoms with Crippen molar-refractivity contribution in [2.24, 2.45) is 0 Å². The van der Waals surface area contributed by atoms with Crippen LogP contribution in [-0.2, 0) is 28.6 Å². The fraction of sp³-hybridized carbons (Fsp3) is 0.807. The van der Waals surface area contributed by atoms with E-state index in [-0.39, 0.29) is 31.1 Å². The molecule has 6 nitrogen and oxygen atoms in total. The van der Waals surface area contributed by atoms with Crippen molar-refractivity contribution in [2.75, 3.05) is 13.2 Å². The minimum atomic E-state index is -0.780. The van der Waals surface area contributed by atoms with Crippen LogP contribution in [0.1, 0.15) is 278 Å². The Morgan fingerprint density at radius 1 is 0.333 bits per heavy atom. The van der Waals surface area contributed by atoms with Crippen LogP contribution < -0.4 is 0 Å². The van der Waals surface area contributed by atoms with Crippen molar-refractivity contribution >= 4 is 17.9 Å². The van der Waals surface area contributed by atoms with Crippen LogP contribution in [0.15, 0.2) is 48.6 Å². The number of unbranched alkanes of at least 4 members (excludes halogenated alkanes) is 31. The molecule has 0 saturated heterocycles. The van der Waals surface area contributed by atoms with Crippen LogP contribution in [-0.4, -0.2) is 37.2 Å². The summed E-state index contributed by atoms with van der Waals surface area (Å²) in [6.07, 6.45) is 62.4. The Morgan fingerprint density at radius 3 is 1.00 bits per heavy atom. The molecule has 1 atom stereocenters. The Morgan fingerprint density at radius 2 is 0.619 bits per heavy atom. The third-order valence-electron chi connectivity index (χ3n) is 11.8. The molecule has 1 unspecified atom stereocenters. The molecule has 0 N–H and O–H groups in total. The van der Waals surface area contributed by atoms with Crippen LogP contribution in [0.5, 0.6) is 0 Å². The summed E-state index contributed by atoms with van der Waals surface area (Å²) in [6.45, 7) is 6.59. The van der Waals surface area contributed by atoms with E-state index >= 15 is 0 Å². The molecule has 0 aromatic carbocycles. The van der Waals surface area contributed by atoms with E-state index in [1.54, 1.807) is 0 Å². The highest BCUT2D eigenvalue weighted by molar-refractivity contribution is 5.71. The molecule has 0 aliphatic rings. The van der Waals surface area contributed by atoms with E-state index in [1.807, 2.05) is 0 Å². The van der Waals surface area contributed by atoms with Gasteiger partial charge >= 0.3 is 17.9 Å². The van der Waals surface area contributed by atoms with E-state index in [1.165, 1.54) is 148 Å². The van der Waals surface area contributed by atoms with Crippen molar-refractivity contribution in [1.29, 1.82) is 0 Å². The summed E-state index contributed by atoms with van der Waals surface area (Å²) in [5.74, 6) is -0.895. The van der Waals surface area contributed by atoms with Gasteiger partial charge in [-0.15, -0.1) is 0 Å². The van der Waals surface area contributed by atoms with Crippen LogP contribution in [0.3, 0.4) is 0 Å². The highest BCUT2D eigenvalue weighted by Gasteiger charge is 2.19. The van der Waals surface area contributed by atoms with Gasteiger partial charge in [0.1, 0.15) is 13.2 Å². The minimum absolute atomic E-state index is 0.0794. The van der Waals surface area contributed by atoms with E-state index < -0.39 is 6.10 Å². The molecule has 366 valence electrons. The molecule has 6 heteroatoms.